The predicted molar refractivity (Wildman–Crippen MR) is 67.7 cm³/mol. The lowest BCUT2D eigenvalue weighted by molar-refractivity contribution is -0.137. The van der Waals surface area contributed by atoms with Crippen molar-refractivity contribution in [3.63, 3.8) is 0 Å². The Balaban J connectivity index is 3.06. The maximum atomic E-state index is 12.5. The molecule has 1 rings (SSSR count). The van der Waals surface area contributed by atoms with Crippen LogP contribution >= 0.6 is 27.5 Å². The third-order valence-corrected chi connectivity index (χ3v) is 3.62. The van der Waals surface area contributed by atoms with Gasteiger partial charge in [-0.1, -0.05) is 0 Å². The molecule has 0 aromatic heterocycles. The normalized spacial score (nSPS) is 13.6. The monoisotopic (exact) mass is 329 g/mol. The first kappa shape index (κ1) is 14.6. The van der Waals surface area contributed by atoms with Crippen molar-refractivity contribution in [2.45, 2.75) is 19.1 Å². The molecule has 6 heteroatoms. The molecular formula is C11H12BrClF3N. The van der Waals surface area contributed by atoms with Crippen LogP contribution in [0.3, 0.4) is 0 Å². The lowest BCUT2D eigenvalue weighted by Crippen LogP contribution is -2.30. The quantitative estimate of drug-likeness (QED) is 0.736. The molecule has 1 atom stereocenters. The molecule has 1 nitrogen and oxygen atoms in total. The van der Waals surface area contributed by atoms with Crippen molar-refractivity contribution in [1.29, 1.82) is 0 Å². The van der Waals surface area contributed by atoms with E-state index in [9.17, 15) is 13.2 Å². The first-order valence-electron chi connectivity index (χ1n) is 4.93. The number of nitrogens with zero attached hydrogens (tertiary/aromatic N) is 1. The van der Waals surface area contributed by atoms with E-state index in [2.05, 4.69) is 15.9 Å². The maximum absolute atomic E-state index is 12.5. The van der Waals surface area contributed by atoms with Gasteiger partial charge >= 0.3 is 6.18 Å². The van der Waals surface area contributed by atoms with Gasteiger partial charge in [-0.05, 0) is 41.1 Å². The summed E-state index contributed by atoms with van der Waals surface area (Å²) >= 11 is 8.87. The fourth-order valence-corrected chi connectivity index (χ4v) is 2.18. The van der Waals surface area contributed by atoms with Crippen molar-refractivity contribution in [2.24, 2.45) is 0 Å². The van der Waals surface area contributed by atoms with E-state index in [4.69, 9.17) is 11.6 Å². The summed E-state index contributed by atoms with van der Waals surface area (Å²) in [6.45, 7) is 1.90. The molecule has 0 aliphatic carbocycles. The van der Waals surface area contributed by atoms with E-state index in [-0.39, 0.29) is 6.04 Å². The van der Waals surface area contributed by atoms with Crippen LogP contribution < -0.4 is 4.90 Å². The van der Waals surface area contributed by atoms with Gasteiger partial charge in [0.05, 0.1) is 11.3 Å². The molecule has 1 aromatic rings. The van der Waals surface area contributed by atoms with Gasteiger partial charge in [-0.2, -0.15) is 13.2 Å². The predicted octanol–water partition coefficient (Wildman–Crippen LogP) is 4.53. The summed E-state index contributed by atoms with van der Waals surface area (Å²) in [6.07, 6.45) is -4.32. The fourth-order valence-electron chi connectivity index (χ4n) is 1.31. The summed E-state index contributed by atoms with van der Waals surface area (Å²) in [5.74, 6) is 0.407. The smallest absolute Gasteiger partial charge is 0.370 e. The first-order chi connectivity index (χ1) is 7.77. The van der Waals surface area contributed by atoms with Crippen LogP contribution in [-0.2, 0) is 6.18 Å². The Morgan fingerprint density at radius 3 is 2.41 bits per heavy atom. The van der Waals surface area contributed by atoms with Crippen LogP contribution in [0.2, 0.25) is 0 Å². The molecule has 0 aliphatic rings. The van der Waals surface area contributed by atoms with Gasteiger partial charge in [0.15, 0.2) is 0 Å². The van der Waals surface area contributed by atoms with Crippen LogP contribution in [0.5, 0.6) is 0 Å². The third-order valence-electron chi connectivity index (χ3n) is 2.54. The lowest BCUT2D eigenvalue weighted by atomic mass is 10.2. The standard InChI is InChI=1S/C11H12BrClF3N/c1-7(6-13)17(2)10-4-3-8(5-9(10)12)11(14,15)16/h3-5,7H,6H2,1-2H3. The maximum Gasteiger partial charge on any atom is 0.416 e. The number of hydrogen-bond donors (Lipinski definition) is 0. The zero-order valence-corrected chi connectivity index (χ0v) is 11.7. The van der Waals surface area contributed by atoms with E-state index in [1.807, 2.05) is 11.8 Å². The first-order valence-corrected chi connectivity index (χ1v) is 6.25. The molecule has 0 saturated carbocycles. The molecule has 0 fully saturated rings. The zero-order valence-electron chi connectivity index (χ0n) is 9.35. The minimum absolute atomic E-state index is 0.0460. The molecule has 0 heterocycles. The van der Waals surface area contributed by atoms with Crippen LogP contribution in [0.1, 0.15) is 12.5 Å². The van der Waals surface area contributed by atoms with Gasteiger partial charge in [0.25, 0.3) is 0 Å². The molecule has 17 heavy (non-hydrogen) atoms. The summed E-state index contributed by atoms with van der Waals surface area (Å²) in [4.78, 5) is 1.83. The number of alkyl halides is 4. The number of rotatable bonds is 3. The molecule has 0 spiro atoms. The summed E-state index contributed by atoms with van der Waals surface area (Å²) < 4.78 is 37.8. The van der Waals surface area contributed by atoms with Gasteiger partial charge in [-0.25, -0.2) is 0 Å². The molecule has 0 amide bonds. The van der Waals surface area contributed by atoms with E-state index in [0.717, 1.165) is 12.1 Å². The molecule has 96 valence electrons. The average molecular weight is 331 g/mol. The van der Waals surface area contributed by atoms with E-state index >= 15 is 0 Å². The molecule has 1 aromatic carbocycles. The summed E-state index contributed by atoms with van der Waals surface area (Å²) in [6, 6.07) is 3.63. The van der Waals surface area contributed by atoms with Gasteiger partial charge in [0.1, 0.15) is 0 Å². The van der Waals surface area contributed by atoms with Crippen molar-refractivity contribution >= 4 is 33.2 Å². The molecular weight excluding hydrogens is 318 g/mol. The van der Waals surface area contributed by atoms with Crippen LogP contribution in [0.4, 0.5) is 18.9 Å². The number of benzene rings is 1. The number of hydrogen-bond acceptors (Lipinski definition) is 1. The fraction of sp³-hybridized carbons (Fsp3) is 0.455. The molecule has 0 radical (unpaired) electrons. The van der Waals surface area contributed by atoms with E-state index < -0.39 is 11.7 Å². The molecule has 0 N–H and O–H groups in total. The Labute approximate surface area is 112 Å². The van der Waals surface area contributed by atoms with Gasteiger partial charge in [-0.15, -0.1) is 11.6 Å². The van der Waals surface area contributed by atoms with Crippen LogP contribution in [0, 0.1) is 0 Å². The Hall–Kier alpha value is -0.420. The van der Waals surface area contributed by atoms with E-state index in [1.54, 1.807) is 7.05 Å². The molecule has 0 saturated heterocycles. The Morgan fingerprint density at radius 2 is 2.00 bits per heavy atom. The summed E-state index contributed by atoms with van der Waals surface area (Å²) in [5, 5.41) is 0. The third kappa shape index (κ3) is 3.52. The second-order valence-electron chi connectivity index (χ2n) is 3.78. The summed E-state index contributed by atoms with van der Waals surface area (Å²) in [7, 11) is 1.79. The SMILES string of the molecule is CC(CCl)N(C)c1ccc(C(F)(F)F)cc1Br. The lowest BCUT2D eigenvalue weighted by Gasteiger charge is -2.26. The van der Waals surface area contributed by atoms with Crippen molar-refractivity contribution in [1.82, 2.24) is 0 Å². The Bertz CT molecular complexity index is 395. The van der Waals surface area contributed by atoms with Crippen LogP contribution in [-0.4, -0.2) is 19.0 Å². The van der Waals surface area contributed by atoms with Crippen LogP contribution in [0.25, 0.3) is 0 Å². The largest absolute Gasteiger partial charge is 0.416 e. The number of halogens is 5. The molecule has 1 unspecified atom stereocenters. The highest BCUT2D eigenvalue weighted by atomic mass is 79.9. The van der Waals surface area contributed by atoms with Gasteiger partial charge in [0, 0.05) is 23.4 Å². The Kier molecular flexibility index (Phi) is 4.72. The average Bonchev–Trinajstić information content (AvgIpc) is 2.25. The molecule has 0 bridgehead atoms. The zero-order chi connectivity index (χ0) is 13.2. The van der Waals surface area contributed by atoms with Gasteiger partial charge in [-0.3, -0.25) is 0 Å². The van der Waals surface area contributed by atoms with Crippen molar-refractivity contribution in [2.75, 3.05) is 17.8 Å². The second kappa shape index (κ2) is 5.48. The minimum Gasteiger partial charge on any atom is -0.370 e. The highest BCUT2D eigenvalue weighted by Gasteiger charge is 2.31. The van der Waals surface area contributed by atoms with Gasteiger partial charge < -0.3 is 4.90 Å². The van der Waals surface area contributed by atoms with Crippen LogP contribution in [0.15, 0.2) is 22.7 Å². The molecule has 0 aliphatic heterocycles. The highest BCUT2D eigenvalue weighted by molar-refractivity contribution is 9.10. The van der Waals surface area contributed by atoms with Crippen molar-refractivity contribution in [3.05, 3.63) is 28.2 Å². The van der Waals surface area contributed by atoms with E-state index in [1.165, 1.54) is 6.07 Å². The van der Waals surface area contributed by atoms with Gasteiger partial charge in [0.2, 0.25) is 0 Å². The topological polar surface area (TPSA) is 3.24 Å². The Morgan fingerprint density at radius 1 is 1.41 bits per heavy atom. The highest BCUT2D eigenvalue weighted by Crippen LogP contribution is 2.35. The summed E-state index contributed by atoms with van der Waals surface area (Å²) in [5.41, 5.74) is 0.0196. The minimum atomic E-state index is -4.32. The van der Waals surface area contributed by atoms with Crippen molar-refractivity contribution in [3.8, 4) is 0 Å². The second-order valence-corrected chi connectivity index (χ2v) is 4.94. The number of anilines is 1. The van der Waals surface area contributed by atoms with Crippen molar-refractivity contribution < 1.29 is 13.2 Å². The van der Waals surface area contributed by atoms with E-state index in [0.29, 0.717) is 16.0 Å².